The van der Waals surface area contributed by atoms with Crippen molar-refractivity contribution in [3.63, 3.8) is 0 Å². The summed E-state index contributed by atoms with van der Waals surface area (Å²) in [6, 6.07) is 19.1. The number of benzene rings is 3. The first-order chi connectivity index (χ1) is 16.9. The molecule has 0 unspecified atom stereocenters. The number of anilines is 2. The molecule has 1 aliphatic rings. The van der Waals surface area contributed by atoms with Crippen molar-refractivity contribution >= 4 is 80.8 Å². The summed E-state index contributed by atoms with van der Waals surface area (Å²) in [6.45, 7) is -0.230. The average molecular weight is 545 g/mol. The van der Waals surface area contributed by atoms with Crippen LogP contribution in [0.4, 0.5) is 11.4 Å². The smallest absolute Gasteiger partial charge is 0.270 e. The van der Waals surface area contributed by atoms with Crippen molar-refractivity contribution in [2.45, 2.75) is 0 Å². The van der Waals surface area contributed by atoms with Gasteiger partial charge >= 0.3 is 0 Å². The molecule has 0 aromatic heterocycles. The van der Waals surface area contributed by atoms with Gasteiger partial charge in [0.25, 0.3) is 11.8 Å². The summed E-state index contributed by atoms with van der Waals surface area (Å²) in [4.78, 5) is 27.3. The van der Waals surface area contributed by atoms with Gasteiger partial charge in [0.15, 0.2) is 10.9 Å². The molecule has 35 heavy (non-hydrogen) atoms. The number of nitrogens with zero attached hydrogens (tertiary/aromatic N) is 1. The molecule has 2 amide bonds. The van der Waals surface area contributed by atoms with E-state index < -0.39 is 0 Å². The van der Waals surface area contributed by atoms with Crippen molar-refractivity contribution in [2.75, 3.05) is 23.9 Å². The highest BCUT2D eigenvalue weighted by Crippen LogP contribution is 2.37. The summed E-state index contributed by atoms with van der Waals surface area (Å²) < 4.78 is 11.2. The van der Waals surface area contributed by atoms with Crippen molar-refractivity contribution < 1.29 is 19.1 Å². The van der Waals surface area contributed by atoms with Crippen molar-refractivity contribution in [3.8, 4) is 11.5 Å². The van der Waals surface area contributed by atoms with Gasteiger partial charge in [0.05, 0.1) is 33.4 Å². The zero-order valence-corrected chi connectivity index (χ0v) is 21.4. The van der Waals surface area contributed by atoms with Crippen molar-refractivity contribution in [2.24, 2.45) is 0 Å². The van der Waals surface area contributed by atoms with E-state index in [1.54, 1.807) is 73.8 Å². The number of carbonyl (C=O) groups excluding carboxylic acids is 2. The van der Waals surface area contributed by atoms with Crippen molar-refractivity contribution in [1.29, 1.82) is 0 Å². The van der Waals surface area contributed by atoms with E-state index >= 15 is 0 Å². The summed E-state index contributed by atoms with van der Waals surface area (Å²) in [5.74, 6) is 0.557. The summed E-state index contributed by atoms with van der Waals surface area (Å²) in [6.07, 6.45) is 1.74. The number of thiocarbonyl (C=S) groups is 1. The van der Waals surface area contributed by atoms with E-state index in [2.05, 4.69) is 5.32 Å². The van der Waals surface area contributed by atoms with E-state index in [0.717, 1.165) is 5.56 Å². The van der Waals surface area contributed by atoms with E-state index in [4.69, 9.17) is 44.9 Å². The molecule has 0 bridgehead atoms. The fourth-order valence-electron chi connectivity index (χ4n) is 3.20. The summed E-state index contributed by atoms with van der Waals surface area (Å²) >= 11 is 18.7. The molecular formula is C25H18Cl2N2O4S2. The number of hydrogen-bond donors (Lipinski definition) is 1. The number of hydrogen-bond acceptors (Lipinski definition) is 6. The Balaban J connectivity index is 1.42. The Hall–Kier alpha value is -3.04. The lowest BCUT2D eigenvalue weighted by atomic mass is 10.2. The molecule has 4 rings (SSSR count). The number of halogens is 2. The predicted octanol–water partition coefficient (Wildman–Crippen LogP) is 6.43. The molecule has 10 heteroatoms. The van der Waals surface area contributed by atoms with Crippen LogP contribution in [0.15, 0.2) is 71.6 Å². The molecule has 0 saturated carbocycles. The fourth-order valence-corrected chi connectivity index (χ4v) is 4.85. The lowest BCUT2D eigenvalue weighted by Crippen LogP contribution is -2.27. The third kappa shape index (κ3) is 5.97. The molecule has 1 aliphatic heterocycles. The Bertz CT molecular complexity index is 1330. The van der Waals surface area contributed by atoms with Gasteiger partial charge in [0.2, 0.25) is 0 Å². The van der Waals surface area contributed by atoms with Crippen LogP contribution in [0, 0.1) is 0 Å². The first-order valence-corrected chi connectivity index (χ1v) is 12.2. The second-order valence-corrected chi connectivity index (χ2v) is 9.69. The summed E-state index contributed by atoms with van der Waals surface area (Å²) in [7, 11) is 1.58. The third-order valence-corrected chi connectivity index (χ3v) is 7.00. The Morgan fingerprint density at radius 3 is 2.57 bits per heavy atom. The van der Waals surface area contributed by atoms with Gasteiger partial charge in [-0.15, -0.1) is 0 Å². The Morgan fingerprint density at radius 1 is 1.09 bits per heavy atom. The van der Waals surface area contributed by atoms with Gasteiger partial charge in [-0.25, -0.2) is 0 Å². The monoisotopic (exact) mass is 544 g/mol. The zero-order chi connectivity index (χ0) is 24.9. The van der Waals surface area contributed by atoms with Crippen LogP contribution in [0.1, 0.15) is 5.56 Å². The zero-order valence-electron chi connectivity index (χ0n) is 18.3. The van der Waals surface area contributed by atoms with Crippen LogP contribution in [0.25, 0.3) is 6.08 Å². The average Bonchev–Trinajstić information content (AvgIpc) is 3.13. The Kier molecular flexibility index (Phi) is 7.97. The highest BCUT2D eigenvalue weighted by molar-refractivity contribution is 8.27. The van der Waals surface area contributed by atoms with Crippen LogP contribution in [-0.4, -0.2) is 29.9 Å². The third-order valence-electron chi connectivity index (χ3n) is 4.88. The van der Waals surface area contributed by atoms with Crippen LogP contribution < -0.4 is 19.7 Å². The molecule has 0 spiro atoms. The molecule has 1 N–H and O–H groups in total. The largest absolute Gasteiger partial charge is 0.497 e. The second kappa shape index (κ2) is 11.1. The Morgan fingerprint density at radius 2 is 1.83 bits per heavy atom. The van der Waals surface area contributed by atoms with E-state index in [1.807, 2.05) is 6.07 Å². The quantitative estimate of drug-likeness (QED) is 0.273. The normalized spacial score (nSPS) is 14.4. The van der Waals surface area contributed by atoms with Crippen LogP contribution >= 0.6 is 47.2 Å². The number of amides is 2. The molecule has 0 atom stereocenters. The summed E-state index contributed by atoms with van der Waals surface area (Å²) in [5.41, 5.74) is 1.80. The molecular weight excluding hydrogens is 527 g/mol. The van der Waals surface area contributed by atoms with Crippen LogP contribution in [0.5, 0.6) is 11.5 Å². The lowest BCUT2D eigenvalue weighted by molar-refractivity contribution is -0.118. The first kappa shape index (κ1) is 25.1. The molecule has 0 aliphatic carbocycles. The molecule has 3 aromatic rings. The minimum absolute atomic E-state index is 0.214. The van der Waals surface area contributed by atoms with Crippen LogP contribution in [-0.2, 0) is 9.59 Å². The van der Waals surface area contributed by atoms with Crippen LogP contribution in [0.2, 0.25) is 10.0 Å². The van der Waals surface area contributed by atoms with Gasteiger partial charge < -0.3 is 14.8 Å². The number of carbonyl (C=O) groups is 2. The number of thioether (sulfide) groups is 1. The van der Waals surface area contributed by atoms with Gasteiger partial charge in [-0.1, -0.05) is 65.4 Å². The van der Waals surface area contributed by atoms with E-state index in [0.29, 0.717) is 37.1 Å². The van der Waals surface area contributed by atoms with E-state index in [9.17, 15) is 9.59 Å². The molecule has 178 valence electrons. The maximum Gasteiger partial charge on any atom is 0.270 e. The predicted molar refractivity (Wildman–Crippen MR) is 146 cm³/mol. The highest BCUT2D eigenvalue weighted by atomic mass is 35.5. The van der Waals surface area contributed by atoms with Gasteiger partial charge in [-0.05, 0) is 60.2 Å². The molecule has 1 fully saturated rings. The van der Waals surface area contributed by atoms with Gasteiger partial charge in [-0.3, -0.25) is 14.5 Å². The highest BCUT2D eigenvalue weighted by Gasteiger charge is 2.33. The van der Waals surface area contributed by atoms with Crippen molar-refractivity contribution in [3.05, 3.63) is 87.2 Å². The maximum atomic E-state index is 13.0. The molecule has 1 saturated heterocycles. The molecule has 3 aromatic carbocycles. The van der Waals surface area contributed by atoms with Gasteiger partial charge in [0, 0.05) is 0 Å². The second-order valence-electron chi connectivity index (χ2n) is 7.23. The number of nitrogens with one attached hydrogen (secondary N) is 1. The standard InChI is InChI=1S/C25H18Cl2N2O4S2/c1-32-17-10-8-16(9-11-17)29-24(31)21(35-25(29)34)13-15-4-2-5-18(12-15)33-14-22(30)28-20-7-3-6-19(26)23(20)27/h2-13H,14H2,1H3,(H,28,30)/b21-13-. The Labute approximate surface area is 221 Å². The maximum absolute atomic E-state index is 13.0. The van der Waals surface area contributed by atoms with E-state index in [-0.39, 0.29) is 23.4 Å². The molecule has 0 radical (unpaired) electrons. The number of ether oxygens (including phenoxy) is 2. The first-order valence-electron chi connectivity index (χ1n) is 10.2. The molecule has 1 heterocycles. The van der Waals surface area contributed by atoms with E-state index in [1.165, 1.54) is 16.7 Å². The minimum atomic E-state index is -0.389. The topological polar surface area (TPSA) is 67.9 Å². The van der Waals surface area contributed by atoms with Gasteiger partial charge in [-0.2, -0.15) is 0 Å². The molecule has 6 nitrogen and oxygen atoms in total. The van der Waals surface area contributed by atoms with Gasteiger partial charge in [0.1, 0.15) is 11.5 Å². The summed E-state index contributed by atoms with van der Waals surface area (Å²) in [5, 5.41) is 3.27. The fraction of sp³-hybridized carbons (Fsp3) is 0.0800. The van der Waals surface area contributed by atoms with Crippen LogP contribution in [0.3, 0.4) is 0 Å². The SMILES string of the molecule is COc1ccc(N2C(=O)/C(=C/c3cccc(OCC(=O)Nc4cccc(Cl)c4Cl)c3)SC2=S)cc1. The lowest BCUT2D eigenvalue weighted by Gasteiger charge is -2.14. The number of methoxy groups -OCH3 is 1. The minimum Gasteiger partial charge on any atom is -0.497 e. The number of rotatable bonds is 7. The van der Waals surface area contributed by atoms with Crippen molar-refractivity contribution in [1.82, 2.24) is 0 Å².